The molecule has 1 N–H and O–H groups in total. The zero-order chi connectivity index (χ0) is 9.44. The molecule has 0 unspecified atom stereocenters. The fourth-order valence-corrected chi connectivity index (χ4v) is 0. The number of carboxylic acids is 1. The first-order valence-electron chi connectivity index (χ1n) is 2.91. The summed E-state index contributed by atoms with van der Waals surface area (Å²) in [6.07, 6.45) is 0.722. The number of carbonyl (C=O) groups excluding carboxylic acids is 1. The average molecular weight is 172 g/mol. The molecule has 0 aromatic heterocycles. The minimum atomic E-state index is -0.935. The van der Waals surface area contributed by atoms with Gasteiger partial charge in [0.1, 0.15) is 6.29 Å². The number of aldehydes is 1. The molecule has 0 aliphatic rings. The Bertz CT molecular complexity index is 168. The first-order chi connectivity index (χ1) is 4.91. The Morgan fingerprint density at radius 2 is 1.50 bits per heavy atom. The van der Waals surface area contributed by atoms with Crippen molar-refractivity contribution in [1.82, 2.24) is 0 Å². The van der Waals surface area contributed by atoms with E-state index in [1.165, 1.54) is 6.92 Å². The van der Waals surface area contributed by atoms with Crippen LogP contribution < -0.4 is 0 Å². The van der Waals surface area contributed by atoms with Crippen molar-refractivity contribution in [3.8, 4) is 0 Å². The topological polar surface area (TPSA) is 54.4 Å². The lowest BCUT2D eigenvalue weighted by Crippen LogP contribution is -1.92. The summed E-state index contributed by atoms with van der Waals surface area (Å²) >= 11 is 0. The molecule has 0 aliphatic heterocycles. The number of allylic oxidation sites excluding steroid dienone is 1. The molecule has 0 aliphatic carbocycles. The van der Waals surface area contributed by atoms with Crippen molar-refractivity contribution in [1.29, 1.82) is 0 Å². The van der Waals surface area contributed by atoms with Crippen LogP contribution in [-0.4, -0.2) is 17.4 Å². The van der Waals surface area contributed by atoms with Gasteiger partial charge in [-0.1, -0.05) is 20.6 Å². The van der Waals surface area contributed by atoms with Crippen LogP contribution in [0.15, 0.2) is 24.3 Å². The third kappa shape index (κ3) is 23.4. The lowest BCUT2D eigenvalue weighted by Gasteiger charge is -1.79. The molecule has 3 heteroatoms. The van der Waals surface area contributed by atoms with Crippen LogP contribution in [0.5, 0.6) is 0 Å². The first kappa shape index (κ1) is 16.9. The fraction of sp³-hybridized carbons (Fsp3) is 0.333. The van der Waals surface area contributed by atoms with E-state index in [0.29, 0.717) is 5.57 Å². The lowest BCUT2D eigenvalue weighted by molar-refractivity contribution is -0.132. The third-order valence-corrected chi connectivity index (χ3v) is 0.566. The minimum absolute atomic E-state index is 0. The Morgan fingerprint density at radius 1 is 1.33 bits per heavy atom. The van der Waals surface area contributed by atoms with Crippen molar-refractivity contribution < 1.29 is 14.7 Å². The van der Waals surface area contributed by atoms with Gasteiger partial charge in [0.15, 0.2) is 0 Å². The Hall–Kier alpha value is -1.38. The van der Waals surface area contributed by atoms with Crippen LogP contribution in [0.3, 0.4) is 0 Å². The van der Waals surface area contributed by atoms with E-state index in [2.05, 4.69) is 13.2 Å². The predicted octanol–water partition coefficient (Wildman–Crippen LogP) is 2.04. The molecule has 0 radical (unpaired) electrons. The molecule has 0 saturated carbocycles. The highest BCUT2D eigenvalue weighted by Crippen LogP contribution is 1.81. The van der Waals surface area contributed by atoms with E-state index in [0.717, 1.165) is 6.29 Å². The third-order valence-electron chi connectivity index (χ3n) is 0.566. The molecule has 3 nitrogen and oxygen atoms in total. The molecule has 0 fully saturated rings. The van der Waals surface area contributed by atoms with Crippen molar-refractivity contribution in [3.05, 3.63) is 24.3 Å². The molecule has 0 rings (SSSR count). The van der Waals surface area contributed by atoms with Gasteiger partial charge in [0.2, 0.25) is 0 Å². The molecule has 0 atom stereocenters. The zero-order valence-corrected chi connectivity index (χ0v) is 6.76. The van der Waals surface area contributed by atoms with Gasteiger partial charge in [0.05, 0.1) is 0 Å². The highest BCUT2D eigenvalue weighted by Gasteiger charge is 1.90. The normalized spacial score (nSPS) is 6.50. The molecule has 0 heterocycles. The van der Waals surface area contributed by atoms with Crippen molar-refractivity contribution in [2.45, 2.75) is 21.3 Å². The lowest BCUT2D eigenvalue weighted by atomic mass is 10.4. The summed E-state index contributed by atoms with van der Waals surface area (Å²) in [5.74, 6) is -0.935. The van der Waals surface area contributed by atoms with Crippen LogP contribution in [0.2, 0.25) is 0 Å². The summed E-state index contributed by atoms with van der Waals surface area (Å²) in [6, 6.07) is 0. The van der Waals surface area contributed by atoms with Crippen LogP contribution in [0.1, 0.15) is 21.3 Å². The molecule has 0 bridgehead atoms. The molecule has 0 amide bonds. The number of rotatable bonds is 2. The summed E-state index contributed by atoms with van der Waals surface area (Å²) in [5.41, 5.74) is 0.750. The fourth-order valence-electron chi connectivity index (χ4n) is 0. The van der Waals surface area contributed by atoms with E-state index in [1.54, 1.807) is 6.92 Å². The highest BCUT2D eigenvalue weighted by molar-refractivity contribution is 5.84. The molecule has 0 aromatic carbocycles. The molecule has 12 heavy (non-hydrogen) atoms. The van der Waals surface area contributed by atoms with Gasteiger partial charge in [-0.25, -0.2) is 4.79 Å². The maximum Gasteiger partial charge on any atom is 0.330 e. The average Bonchev–Trinajstić information content (AvgIpc) is 1.89. The Labute approximate surface area is 73.4 Å². The Balaban J connectivity index is -0.000000126. The van der Waals surface area contributed by atoms with Crippen LogP contribution in [0.4, 0.5) is 0 Å². The van der Waals surface area contributed by atoms with Crippen LogP contribution >= 0.6 is 0 Å². The maximum atomic E-state index is 9.60. The van der Waals surface area contributed by atoms with Gasteiger partial charge in [0, 0.05) is 5.57 Å². The highest BCUT2D eigenvalue weighted by atomic mass is 16.4. The van der Waals surface area contributed by atoms with Crippen LogP contribution in [-0.2, 0) is 9.59 Å². The first-order valence-corrected chi connectivity index (χ1v) is 2.91. The summed E-state index contributed by atoms with van der Waals surface area (Å²) in [5, 5.41) is 7.89. The number of aliphatic carboxylic acids is 1. The van der Waals surface area contributed by atoms with Gasteiger partial charge in [-0.15, -0.1) is 0 Å². The van der Waals surface area contributed by atoms with Gasteiger partial charge in [-0.05, 0) is 19.4 Å². The van der Waals surface area contributed by atoms with E-state index in [4.69, 9.17) is 5.11 Å². The second-order valence-electron chi connectivity index (χ2n) is 2.05. The molecule has 0 saturated heterocycles. The SMILES string of the molecule is C.C=C(C)C(=O)O.C=C(C)C=O. The predicted molar refractivity (Wildman–Crippen MR) is 50.1 cm³/mol. The van der Waals surface area contributed by atoms with E-state index in [1.807, 2.05) is 0 Å². The second kappa shape index (κ2) is 9.62. The minimum Gasteiger partial charge on any atom is -0.478 e. The van der Waals surface area contributed by atoms with Crippen molar-refractivity contribution in [3.63, 3.8) is 0 Å². The van der Waals surface area contributed by atoms with Gasteiger partial charge < -0.3 is 5.11 Å². The standard InChI is InChI=1S/C4H6O2.C4H6O.CH4/c1-3(2)4(5)6;1-4(2)3-5;/h1H2,2H3,(H,5,6);3H,1H2,2H3;1H4. The summed E-state index contributed by atoms with van der Waals surface area (Å²) < 4.78 is 0. The van der Waals surface area contributed by atoms with Crippen LogP contribution in [0, 0.1) is 0 Å². The number of carboxylic acid groups (broad SMARTS) is 1. The Kier molecular flexibility index (Phi) is 13.6. The quantitative estimate of drug-likeness (QED) is 0.512. The van der Waals surface area contributed by atoms with E-state index < -0.39 is 5.97 Å². The van der Waals surface area contributed by atoms with Gasteiger partial charge in [-0.3, -0.25) is 4.79 Å². The van der Waals surface area contributed by atoms with Crippen molar-refractivity contribution >= 4 is 12.3 Å². The molecule has 0 aromatic rings. The van der Waals surface area contributed by atoms with E-state index >= 15 is 0 Å². The molecular weight excluding hydrogens is 156 g/mol. The molecule has 70 valence electrons. The molecular formula is C9H16O3. The number of hydrogen-bond donors (Lipinski definition) is 1. The summed E-state index contributed by atoms with van der Waals surface area (Å²) in [7, 11) is 0. The molecule has 0 spiro atoms. The van der Waals surface area contributed by atoms with Gasteiger partial charge in [0.25, 0.3) is 0 Å². The summed E-state index contributed by atoms with van der Waals surface area (Å²) in [4.78, 5) is 19.0. The largest absolute Gasteiger partial charge is 0.478 e. The number of hydrogen-bond acceptors (Lipinski definition) is 2. The van der Waals surface area contributed by atoms with E-state index in [-0.39, 0.29) is 13.0 Å². The van der Waals surface area contributed by atoms with Crippen LogP contribution in [0.25, 0.3) is 0 Å². The smallest absolute Gasteiger partial charge is 0.330 e. The van der Waals surface area contributed by atoms with Crippen molar-refractivity contribution in [2.24, 2.45) is 0 Å². The number of carbonyl (C=O) groups is 2. The van der Waals surface area contributed by atoms with Crippen molar-refractivity contribution in [2.75, 3.05) is 0 Å². The maximum absolute atomic E-state index is 9.60. The Morgan fingerprint density at radius 3 is 1.50 bits per heavy atom. The van der Waals surface area contributed by atoms with Gasteiger partial charge >= 0.3 is 5.97 Å². The second-order valence-corrected chi connectivity index (χ2v) is 2.05. The van der Waals surface area contributed by atoms with E-state index in [9.17, 15) is 9.59 Å². The zero-order valence-electron chi connectivity index (χ0n) is 6.76. The summed E-state index contributed by atoms with van der Waals surface area (Å²) in [6.45, 7) is 9.57. The van der Waals surface area contributed by atoms with Gasteiger partial charge in [-0.2, -0.15) is 0 Å². The monoisotopic (exact) mass is 172 g/mol.